The number of carboxylic acids is 1. The summed E-state index contributed by atoms with van der Waals surface area (Å²) in [5, 5.41) is 9.77. The van der Waals surface area contributed by atoms with E-state index >= 15 is 0 Å². The monoisotopic (exact) mass is 302 g/mol. The minimum Gasteiger partial charge on any atom is -0.477 e. The predicted molar refractivity (Wildman–Crippen MR) is 86.8 cm³/mol. The Morgan fingerprint density at radius 3 is 2.05 bits per heavy atom. The Morgan fingerprint density at radius 2 is 1.59 bits per heavy atom. The lowest BCUT2D eigenvalue weighted by Crippen LogP contribution is -2.19. The molecule has 0 bridgehead atoms. The molecule has 1 aromatic carbocycles. The van der Waals surface area contributed by atoms with Gasteiger partial charge in [0.2, 0.25) is 0 Å². The van der Waals surface area contributed by atoms with Crippen molar-refractivity contribution in [2.45, 2.75) is 52.4 Å². The van der Waals surface area contributed by atoms with E-state index in [9.17, 15) is 9.59 Å². The van der Waals surface area contributed by atoms with Gasteiger partial charge in [0, 0.05) is 10.9 Å². The molecule has 1 aromatic heterocycles. The predicted octanol–water partition coefficient (Wildman–Crippen LogP) is 4.09. The van der Waals surface area contributed by atoms with Crippen molar-refractivity contribution in [1.29, 1.82) is 0 Å². The number of rotatable bonds is 1. The van der Waals surface area contributed by atoms with Crippen LogP contribution in [0.2, 0.25) is 0 Å². The second-order valence-corrected chi connectivity index (χ2v) is 7.69. The van der Waals surface area contributed by atoms with Crippen LogP contribution in [0.4, 0.5) is 0 Å². The quantitative estimate of drug-likeness (QED) is 0.806. The topological polar surface area (TPSA) is 67.5 Å². The Morgan fingerprint density at radius 1 is 1.00 bits per heavy atom. The number of aromatic carboxylic acids is 1. The van der Waals surface area contributed by atoms with Crippen molar-refractivity contribution in [2.24, 2.45) is 0 Å². The lowest BCUT2D eigenvalue weighted by Gasteiger charge is -2.26. The van der Waals surface area contributed by atoms with E-state index in [0.717, 1.165) is 11.1 Å². The minimum atomic E-state index is -1.27. The van der Waals surface area contributed by atoms with Gasteiger partial charge in [-0.25, -0.2) is 9.59 Å². The van der Waals surface area contributed by atoms with Gasteiger partial charge in [0.15, 0.2) is 0 Å². The highest BCUT2D eigenvalue weighted by atomic mass is 16.4. The number of hydrogen-bond acceptors (Lipinski definition) is 3. The van der Waals surface area contributed by atoms with Crippen LogP contribution in [0, 0.1) is 0 Å². The van der Waals surface area contributed by atoms with E-state index in [0.29, 0.717) is 11.0 Å². The molecule has 2 aromatic rings. The molecule has 1 heterocycles. The summed E-state index contributed by atoms with van der Waals surface area (Å²) in [5.41, 5.74) is 0.996. The van der Waals surface area contributed by atoms with Crippen LogP contribution in [-0.4, -0.2) is 11.1 Å². The van der Waals surface area contributed by atoms with Crippen LogP contribution in [0.25, 0.3) is 11.0 Å². The SMILES string of the molecule is CC(C)(C)c1cc(C(C)(C)C)c2oc(=O)c(C(=O)O)cc2c1. The third-order valence-electron chi connectivity index (χ3n) is 3.74. The molecular formula is C18H22O4. The van der Waals surface area contributed by atoms with Gasteiger partial charge in [-0.05, 0) is 28.5 Å². The zero-order valence-electron chi connectivity index (χ0n) is 13.9. The first-order chi connectivity index (χ1) is 9.91. The lowest BCUT2D eigenvalue weighted by molar-refractivity contribution is 0.0692. The summed E-state index contributed by atoms with van der Waals surface area (Å²) in [7, 11) is 0. The number of benzene rings is 1. The number of hydrogen-bond donors (Lipinski definition) is 1. The van der Waals surface area contributed by atoms with E-state index in [1.54, 1.807) is 0 Å². The van der Waals surface area contributed by atoms with Crippen LogP contribution in [-0.2, 0) is 10.8 Å². The highest BCUT2D eigenvalue weighted by Crippen LogP contribution is 2.34. The summed E-state index contributed by atoms with van der Waals surface area (Å²) < 4.78 is 5.34. The average Bonchev–Trinajstić information content (AvgIpc) is 2.33. The molecule has 0 unspecified atom stereocenters. The van der Waals surface area contributed by atoms with Gasteiger partial charge < -0.3 is 9.52 Å². The van der Waals surface area contributed by atoms with Crippen LogP contribution in [0.1, 0.15) is 63.0 Å². The third-order valence-corrected chi connectivity index (χ3v) is 3.74. The van der Waals surface area contributed by atoms with Crippen LogP contribution >= 0.6 is 0 Å². The molecule has 0 aliphatic rings. The maximum absolute atomic E-state index is 11.9. The van der Waals surface area contributed by atoms with Gasteiger partial charge in [0.1, 0.15) is 11.1 Å². The molecule has 22 heavy (non-hydrogen) atoms. The van der Waals surface area contributed by atoms with Crippen molar-refractivity contribution in [3.8, 4) is 0 Å². The van der Waals surface area contributed by atoms with Gasteiger partial charge in [0.05, 0.1) is 0 Å². The molecule has 0 saturated carbocycles. The van der Waals surface area contributed by atoms with Gasteiger partial charge in [-0.2, -0.15) is 0 Å². The van der Waals surface area contributed by atoms with E-state index in [-0.39, 0.29) is 16.4 Å². The molecule has 0 atom stereocenters. The van der Waals surface area contributed by atoms with Crippen LogP contribution in [0.3, 0.4) is 0 Å². The number of fused-ring (bicyclic) bond motifs is 1. The molecule has 2 rings (SSSR count). The second kappa shape index (κ2) is 4.97. The van der Waals surface area contributed by atoms with Gasteiger partial charge in [-0.3, -0.25) is 0 Å². The normalized spacial score (nSPS) is 12.6. The van der Waals surface area contributed by atoms with Gasteiger partial charge in [0.25, 0.3) is 0 Å². The number of carboxylic acid groups (broad SMARTS) is 1. The summed E-state index contributed by atoms with van der Waals surface area (Å²) in [6.45, 7) is 12.4. The van der Waals surface area contributed by atoms with Crippen LogP contribution in [0.5, 0.6) is 0 Å². The Balaban J connectivity index is 2.95. The Labute approximate surface area is 129 Å². The largest absolute Gasteiger partial charge is 0.477 e. The molecule has 4 heteroatoms. The molecule has 1 N–H and O–H groups in total. The number of carbonyl (C=O) groups is 1. The first kappa shape index (κ1) is 16.3. The third kappa shape index (κ3) is 2.91. The first-order valence-electron chi connectivity index (χ1n) is 7.27. The highest BCUT2D eigenvalue weighted by molar-refractivity contribution is 5.92. The smallest absolute Gasteiger partial charge is 0.351 e. The maximum atomic E-state index is 11.9. The van der Waals surface area contributed by atoms with E-state index in [1.807, 2.05) is 32.9 Å². The molecule has 0 radical (unpaired) electrons. The van der Waals surface area contributed by atoms with Crippen molar-refractivity contribution < 1.29 is 14.3 Å². The van der Waals surface area contributed by atoms with Crippen molar-refractivity contribution in [3.63, 3.8) is 0 Å². The van der Waals surface area contributed by atoms with Gasteiger partial charge in [-0.1, -0.05) is 47.6 Å². The highest BCUT2D eigenvalue weighted by Gasteiger charge is 2.25. The molecule has 0 fully saturated rings. The Bertz CT molecular complexity index is 799. The molecule has 0 aliphatic carbocycles. The summed E-state index contributed by atoms with van der Waals surface area (Å²) in [6, 6.07) is 5.36. The second-order valence-electron chi connectivity index (χ2n) is 7.69. The fourth-order valence-electron chi connectivity index (χ4n) is 2.37. The fourth-order valence-corrected chi connectivity index (χ4v) is 2.37. The van der Waals surface area contributed by atoms with E-state index < -0.39 is 11.6 Å². The molecular weight excluding hydrogens is 280 g/mol. The molecule has 0 aliphatic heterocycles. The van der Waals surface area contributed by atoms with Crippen molar-refractivity contribution in [3.05, 3.63) is 45.3 Å². The van der Waals surface area contributed by atoms with Crippen LogP contribution < -0.4 is 5.63 Å². The average molecular weight is 302 g/mol. The van der Waals surface area contributed by atoms with Gasteiger partial charge >= 0.3 is 11.6 Å². The molecule has 0 spiro atoms. The van der Waals surface area contributed by atoms with Crippen molar-refractivity contribution in [2.75, 3.05) is 0 Å². The Hall–Kier alpha value is -2.10. The molecule has 4 nitrogen and oxygen atoms in total. The summed E-state index contributed by atoms with van der Waals surface area (Å²) in [5.74, 6) is -1.27. The van der Waals surface area contributed by atoms with Gasteiger partial charge in [-0.15, -0.1) is 0 Å². The van der Waals surface area contributed by atoms with E-state index in [1.165, 1.54) is 6.07 Å². The van der Waals surface area contributed by atoms with Crippen molar-refractivity contribution >= 4 is 16.9 Å². The summed E-state index contributed by atoms with van der Waals surface area (Å²) in [4.78, 5) is 23.1. The Kier molecular flexibility index (Phi) is 3.68. The van der Waals surface area contributed by atoms with E-state index in [2.05, 4.69) is 20.8 Å². The maximum Gasteiger partial charge on any atom is 0.351 e. The standard InChI is InChI=1S/C18H22O4/c1-17(2,3)11-7-10-8-12(15(19)20)16(21)22-14(10)13(9-11)18(4,5)6/h7-9H,1-6H3,(H,19,20). The molecule has 0 saturated heterocycles. The summed E-state index contributed by atoms with van der Waals surface area (Å²) >= 11 is 0. The zero-order chi connectivity index (χ0) is 16.9. The first-order valence-corrected chi connectivity index (χ1v) is 7.27. The van der Waals surface area contributed by atoms with Crippen LogP contribution in [0.15, 0.2) is 27.4 Å². The fraction of sp³-hybridized carbons (Fsp3) is 0.444. The molecule has 118 valence electrons. The summed E-state index contributed by atoms with van der Waals surface area (Å²) in [6.07, 6.45) is 0. The minimum absolute atomic E-state index is 0.0896. The van der Waals surface area contributed by atoms with E-state index in [4.69, 9.17) is 9.52 Å². The lowest BCUT2D eigenvalue weighted by atomic mass is 9.79. The van der Waals surface area contributed by atoms with Crippen molar-refractivity contribution in [1.82, 2.24) is 0 Å². The zero-order valence-corrected chi connectivity index (χ0v) is 13.9. The molecule has 0 amide bonds.